The predicted octanol–water partition coefficient (Wildman–Crippen LogP) is 6.17. The quantitative estimate of drug-likeness (QED) is 0.443. The van der Waals surface area contributed by atoms with Gasteiger partial charge in [-0.05, 0) is 42.2 Å². The number of aromatic amines is 2. The van der Waals surface area contributed by atoms with E-state index in [9.17, 15) is 13.2 Å². The molecule has 0 saturated heterocycles. The van der Waals surface area contributed by atoms with Gasteiger partial charge >= 0.3 is 6.18 Å². The lowest BCUT2D eigenvalue weighted by atomic mass is 9.70. The van der Waals surface area contributed by atoms with E-state index in [1.54, 1.807) is 6.07 Å². The van der Waals surface area contributed by atoms with Gasteiger partial charge in [0.25, 0.3) is 0 Å². The summed E-state index contributed by atoms with van der Waals surface area (Å²) in [6.07, 6.45) is -0.799. The molecule has 0 aliphatic heterocycles. The number of aromatic nitrogens is 3. The Labute approximate surface area is 154 Å². The largest absolute Gasteiger partial charge is 0.449 e. The Balaban J connectivity index is 1.91. The number of H-pyrrole nitrogens is 2. The maximum atomic E-state index is 13.0. The van der Waals surface area contributed by atoms with Crippen molar-refractivity contribution in [1.29, 1.82) is 0 Å². The van der Waals surface area contributed by atoms with Crippen LogP contribution in [0.15, 0.2) is 48.7 Å². The molecule has 2 N–H and O–H groups in total. The number of nitrogens with zero attached hydrogens (tertiary/aromatic N) is 1. The first-order valence-electron chi connectivity index (χ1n) is 9.03. The average Bonchev–Trinajstić information content (AvgIpc) is 3.27. The Morgan fingerprint density at radius 3 is 2.41 bits per heavy atom. The second kappa shape index (κ2) is 6.15. The van der Waals surface area contributed by atoms with E-state index in [0.29, 0.717) is 11.0 Å². The van der Waals surface area contributed by atoms with Gasteiger partial charge in [-0.1, -0.05) is 38.1 Å². The van der Waals surface area contributed by atoms with Gasteiger partial charge in [-0.2, -0.15) is 13.2 Å². The third-order valence-corrected chi connectivity index (χ3v) is 5.61. The van der Waals surface area contributed by atoms with Crippen LogP contribution in [0.4, 0.5) is 13.2 Å². The zero-order valence-corrected chi connectivity index (χ0v) is 15.1. The SMILES string of the molecule is CCC(CC)(c1ccc2nc(C(F)(F)F)[nH]c2c1)c1c[nH]c2ccccc12. The minimum absolute atomic E-state index is 0.294. The summed E-state index contributed by atoms with van der Waals surface area (Å²) in [5.74, 6) is -0.958. The lowest BCUT2D eigenvalue weighted by Gasteiger charge is -2.32. The smallest absolute Gasteiger partial charge is 0.361 e. The fourth-order valence-corrected chi connectivity index (χ4v) is 4.10. The summed E-state index contributed by atoms with van der Waals surface area (Å²) in [6.45, 7) is 4.23. The van der Waals surface area contributed by atoms with Crippen LogP contribution >= 0.6 is 0 Å². The highest BCUT2D eigenvalue weighted by molar-refractivity contribution is 5.85. The van der Waals surface area contributed by atoms with Gasteiger partial charge in [0, 0.05) is 22.5 Å². The average molecular weight is 371 g/mol. The first-order valence-corrected chi connectivity index (χ1v) is 9.03. The molecule has 0 unspecified atom stereocenters. The van der Waals surface area contributed by atoms with Gasteiger partial charge in [0.2, 0.25) is 5.82 Å². The summed E-state index contributed by atoms with van der Waals surface area (Å²) >= 11 is 0. The Kier molecular flexibility index (Phi) is 4.02. The van der Waals surface area contributed by atoms with Gasteiger partial charge in [0.15, 0.2) is 0 Å². The number of imidazole rings is 1. The van der Waals surface area contributed by atoms with Gasteiger partial charge in [-0.15, -0.1) is 0 Å². The van der Waals surface area contributed by atoms with Crippen LogP contribution in [0, 0.1) is 0 Å². The van der Waals surface area contributed by atoms with Crippen LogP contribution in [0.3, 0.4) is 0 Å². The molecular weight excluding hydrogens is 351 g/mol. The normalized spacial score (nSPS) is 12.9. The van der Waals surface area contributed by atoms with Crippen molar-refractivity contribution in [3.05, 3.63) is 65.6 Å². The molecule has 0 spiro atoms. The van der Waals surface area contributed by atoms with E-state index in [2.05, 4.69) is 34.9 Å². The highest BCUT2D eigenvalue weighted by Crippen LogP contribution is 2.43. The molecule has 6 heteroatoms. The van der Waals surface area contributed by atoms with E-state index in [-0.39, 0.29) is 5.41 Å². The molecule has 140 valence electrons. The number of hydrogen-bond donors (Lipinski definition) is 2. The molecule has 0 fully saturated rings. The summed E-state index contributed by atoms with van der Waals surface area (Å²) in [5, 5.41) is 1.14. The van der Waals surface area contributed by atoms with Crippen molar-refractivity contribution in [3.63, 3.8) is 0 Å². The molecule has 0 aliphatic carbocycles. The molecule has 2 aromatic heterocycles. The first-order chi connectivity index (χ1) is 12.9. The number of alkyl halides is 3. The van der Waals surface area contributed by atoms with Crippen LogP contribution < -0.4 is 0 Å². The molecule has 4 aromatic rings. The maximum absolute atomic E-state index is 13.0. The Hall–Kier alpha value is -2.76. The predicted molar refractivity (Wildman–Crippen MR) is 101 cm³/mol. The minimum Gasteiger partial charge on any atom is -0.361 e. The van der Waals surface area contributed by atoms with Crippen molar-refractivity contribution in [3.8, 4) is 0 Å². The van der Waals surface area contributed by atoms with Crippen molar-refractivity contribution in [2.75, 3.05) is 0 Å². The van der Waals surface area contributed by atoms with Crippen LogP contribution in [-0.2, 0) is 11.6 Å². The number of benzene rings is 2. The summed E-state index contributed by atoms with van der Waals surface area (Å²) in [5.41, 5.74) is 3.65. The molecule has 4 rings (SSSR count). The molecule has 0 saturated carbocycles. The number of hydrogen-bond acceptors (Lipinski definition) is 1. The minimum atomic E-state index is -4.48. The third-order valence-electron chi connectivity index (χ3n) is 5.61. The van der Waals surface area contributed by atoms with Gasteiger partial charge < -0.3 is 9.97 Å². The first kappa shape index (κ1) is 17.6. The van der Waals surface area contributed by atoms with E-state index in [1.165, 1.54) is 0 Å². The molecule has 0 aliphatic rings. The fourth-order valence-electron chi connectivity index (χ4n) is 4.10. The highest BCUT2D eigenvalue weighted by Gasteiger charge is 2.36. The third kappa shape index (κ3) is 2.71. The van der Waals surface area contributed by atoms with Crippen molar-refractivity contribution in [1.82, 2.24) is 15.0 Å². The zero-order valence-electron chi connectivity index (χ0n) is 15.1. The molecule has 0 atom stereocenters. The van der Waals surface area contributed by atoms with E-state index in [4.69, 9.17) is 0 Å². The maximum Gasteiger partial charge on any atom is 0.449 e. The molecule has 3 nitrogen and oxygen atoms in total. The molecule has 0 bridgehead atoms. The Morgan fingerprint density at radius 2 is 1.70 bits per heavy atom. The second-order valence-electron chi connectivity index (χ2n) is 6.85. The van der Waals surface area contributed by atoms with Gasteiger partial charge in [0.05, 0.1) is 11.0 Å². The lowest BCUT2D eigenvalue weighted by molar-refractivity contribution is -0.144. The van der Waals surface area contributed by atoms with E-state index >= 15 is 0 Å². The fraction of sp³-hybridized carbons (Fsp3) is 0.286. The number of para-hydroxylation sites is 1. The molecular formula is C21H20F3N3. The Bertz CT molecular complexity index is 1100. The summed E-state index contributed by atoms with van der Waals surface area (Å²) in [7, 11) is 0. The second-order valence-corrected chi connectivity index (χ2v) is 6.85. The number of halogens is 3. The number of fused-ring (bicyclic) bond motifs is 2. The molecule has 2 heterocycles. The van der Waals surface area contributed by atoms with Crippen LogP contribution in [0.1, 0.15) is 43.6 Å². The topological polar surface area (TPSA) is 44.5 Å². The van der Waals surface area contributed by atoms with Gasteiger partial charge in [-0.25, -0.2) is 4.98 Å². The van der Waals surface area contributed by atoms with Crippen molar-refractivity contribution in [2.24, 2.45) is 0 Å². The van der Waals surface area contributed by atoms with Crippen molar-refractivity contribution in [2.45, 2.75) is 38.3 Å². The molecule has 27 heavy (non-hydrogen) atoms. The highest BCUT2D eigenvalue weighted by atomic mass is 19.4. The van der Waals surface area contributed by atoms with Crippen molar-refractivity contribution >= 4 is 21.9 Å². The summed E-state index contributed by atoms with van der Waals surface area (Å²) in [6, 6.07) is 13.5. The number of rotatable bonds is 4. The van der Waals surface area contributed by atoms with Crippen LogP contribution in [-0.4, -0.2) is 15.0 Å². The van der Waals surface area contributed by atoms with E-state index in [0.717, 1.165) is 34.9 Å². The molecule has 0 radical (unpaired) electrons. The lowest BCUT2D eigenvalue weighted by Crippen LogP contribution is -2.25. The van der Waals surface area contributed by atoms with Crippen LogP contribution in [0.25, 0.3) is 21.9 Å². The number of nitrogens with one attached hydrogen (secondary N) is 2. The standard InChI is InChI=1S/C21H20F3N3/c1-3-20(4-2,15-12-25-16-8-6-5-7-14(15)16)13-9-10-17-18(11-13)27-19(26-17)21(22,23)24/h5-12,25H,3-4H2,1-2H3,(H,26,27). The van der Waals surface area contributed by atoms with Gasteiger partial charge in [0.1, 0.15) is 0 Å². The summed E-state index contributed by atoms with van der Waals surface area (Å²) in [4.78, 5) is 9.44. The van der Waals surface area contributed by atoms with E-state index < -0.39 is 12.0 Å². The summed E-state index contributed by atoms with van der Waals surface area (Å²) < 4.78 is 39.0. The monoisotopic (exact) mass is 371 g/mol. The van der Waals surface area contributed by atoms with E-state index in [1.807, 2.05) is 36.5 Å². The Morgan fingerprint density at radius 1 is 0.963 bits per heavy atom. The molecule has 2 aromatic carbocycles. The van der Waals surface area contributed by atoms with Crippen LogP contribution in [0.2, 0.25) is 0 Å². The molecule has 0 amide bonds. The van der Waals surface area contributed by atoms with Crippen LogP contribution in [0.5, 0.6) is 0 Å². The van der Waals surface area contributed by atoms with Crippen molar-refractivity contribution < 1.29 is 13.2 Å². The zero-order chi connectivity index (χ0) is 19.2. The van der Waals surface area contributed by atoms with Gasteiger partial charge in [-0.3, -0.25) is 0 Å².